The van der Waals surface area contributed by atoms with E-state index in [1.165, 1.54) is 61.7 Å². The summed E-state index contributed by atoms with van der Waals surface area (Å²) in [7, 11) is 0. The van der Waals surface area contributed by atoms with Crippen LogP contribution in [0, 0.1) is 29.1 Å². The van der Waals surface area contributed by atoms with Crippen LogP contribution in [0.3, 0.4) is 0 Å². The highest BCUT2D eigenvalue weighted by Crippen LogP contribution is 2.30. The number of hydrogen-bond donors (Lipinski definition) is 1. The third-order valence-corrected chi connectivity index (χ3v) is 7.63. The zero-order chi connectivity index (χ0) is 22.0. The van der Waals surface area contributed by atoms with Crippen LogP contribution in [-0.4, -0.2) is 5.71 Å². The lowest BCUT2D eigenvalue weighted by molar-refractivity contribution is 0.283. The first kappa shape index (κ1) is 25.9. The van der Waals surface area contributed by atoms with Gasteiger partial charge in [0.15, 0.2) is 0 Å². The van der Waals surface area contributed by atoms with E-state index in [1.807, 2.05) is 0 Å². The van der Waals surface area contributed by atoms with Crippen LogP contribution in [0.2, 0.25) is 0 Å². The van der Waals surface area contributed by atoms with Gasteiger partial charge in [0.05, 0.1) is 5.71 Å². The summed E-state index contributed by atoms with van der Waals surface area (Å²) < 4.78 is 0. The van der Waals surface area contributed by atoms with E-state index >= 15 is 0 Å². The maximum Gasteiger partial charge on any atom is 0.0597 e. The van der Waals surface area contributed by atoms with E-state index < -0.39 is 0 Å². The van der Waals surface area contributed by atoms with Gasteiger partial charge in [-0.3, -0.25) is 0 Å². The smallest absolute Gasteiger partial charge is 0.0597 e. The Morgan fingerprint density at radius 3 is 2.28 bits per heavy atom. The Morgan fingerprint density at radius 2 is 1.66 bits per heavy atom. The normalized spacial score (nSPS) is 20.0. The molecule has 1 aliphatic rings. The van der Waals surface area contributed by atoms with Gasteiger partial charge in [0.2, 0.25) is 0 Å². The Bertz CT molecular complexity index is 591. The standard InChI is InChI=1S/C28H49N/c1-9-21(4)26(10-2)17-15-20(3)19-24(7)25(8)28(29)27-14-12-11-13-22(5)23(6)16-18-27/h18,20-21,24,26,29H,8-17,19H2,1-7H3. The highest BCUT2D eigenvalue weighted by Gasteiger charge is 2.20. The van der Waals surface area contributed by atoms with E-state index in [2.05, 4.69) is 61.1 Å². The van der Waals surface area contributed by atoms with Crippen molar-refractivity contribution in [1.82, 2.24) is 0 Å². The zero-order valence-electron chi connectivity index (χ0n) is 20.7. The van der Waals surface area contributed by atoms with Gasteiger partial charge in [-0.25, -0.2) is 0 Å². The maximum atomic E-state index is 8.82. The van der Waals surface area contributed by atoms with Gasteiger partial charge in [0.25, 0.3) is 0 Å². The molecule has 4 atom stereocenters. The Hall–Kier alpha value is -1.11. The summed E-state index contributed by atoms with van der Waals surface area (Å²) in [5, 5.41) is 8.82. The molecule has 1 heteroatoms. The molecule has 0 heterocycles. The third kappa shape index (κ3) is 8.65. The fraction of sp³-hybridized carbons (Fsp3) is 0.750. The zero-order valence-corrected chi connectivity index (χ0v) is 20.7. The molecule has 0 fully saturated rings. The van der Waals surface area contributed by atoms with E-state index in [0.717, 1.165) is 42.4 Å². The van der Waals surface area contributed by atoms with Crippen LogP contribution in [0.15, 0.2) is 34.9 Å². The molecule has 1 nitrogen and oxygen atoms in total. The molecule has 1 N–H and O–H groups in total. The van der Waals surface area contributed by atoms with E-state index in [0.29, 0.717) is 11.8 Å². The van der Waals surface area contributed by atoms with E-state index in [9.17, 15) is 0 Å². The molecule has 0 aromatic rings. The Kier molecular flexibility index (Phi) is 11.8. The lowest BCUT2D eigenvalue weighted by Gasteiger charge is -2.25. The van der Waals surface area contributed by atoms with Gasteiger partial charge < -0.3 is 5.41 Å². The highest BCUT2D eigenvalue weighted by molar-refractivity contribution is 6.10. The number of hydrogen-bond acceptors (Lipinski definition) is 1. The number of rotatable bonds is 11. The summed E-state index contributed by atoms with van der Waals surface area (Å²) >= 11 is 0. The molecule has 1 aliphatic carbocycles. The van der Waals surface area contributed by atoms with Crippen LogP contribution >= 0.6 is 0 Å². The van der Waals surface area contributed by atoms with Gasteiger partial charge in [0, 0.05) is 0 Å². The predicted molar refractivity (Wildman–Crippen MR) is 132 cm³/mol. The summed E-state index contributed by atoms with van der Waals surface area (Å²) in [5.74, 6) is 2.80. The van der Waals surface area contributed by atoms with Crippen LogP contribution in [0.25, 0.3) is 0 Å². The van der Waals surface area contributed by atoms with Crippen molar-refractivity contribution in [1.29, 1.82) is 5.41 Å². The molecule has 0 aromatic heterocycles. The quantitative estimate of drug-likeness (QED) is 0.264. The average molecular weight is 400 g/mol. The van der Waals surface area contributed by atoms with Gasteiger partial charge in [-0.1, -0.05) is 77.7 Å². The van der Waals surface area contributed by atoms with Crippen molar-refractivity contribution in [3.63, 3.8) is 0 Å². The van der Waals surface area contributed by atoms with Crippen molar-refractivity contribution in [3.05, 3.63) is 34.9 Å². The lowest BCUT2D eigenvalue weighted by Crippen LogP contribution is -2.16. The van der Waals surface area contributed by atoms with Gasteiger partial charge in [-0.2, -0.15) is 0 Å². The topological polar surface area (TPSA) is 23.9 Å². The van der Waals surface area contributed by atoms with Gasteiger partial charge >= 0.3 is 0 Å². The van der Waals surface area contributed by atoms with Crippen LogP contribution in [0.4, 0.5) is 0 Å². The molecular weight excluding hydrogens is 350 g/mol. The molecule has 1 rings (SSSR count). The fourth-order valence-corrected chi connectivity index (χ4v) is 4.74. The van der Waals surface area contributed by atoms with Crippen LogP contribution in [0.5, 0.6) is 0 Å². The minimum atomic E-state index is 0.396. The Morgan fingerprint density at radius 1 is 1.00 bits per heavy atom. The minimum Gasteiger partial charge on any atom is -0.300 e. The van der Waals surface area contributed by atoms with Gasteiger partial charge in [-0.05, 0) is 93.6 Å². The molecule has 0 aliphatic heterocycles. The summed E-state index contributed by atoms with van der Waals surface area (Å²) in [6.45, 7) is 20.6. The largest absolute Gasteiger partial charge is 0.300 e. The van der Waals surface area contributed by atoms with Crippen molar-refractivity contribution in [2.45, 2.75) is 113 Å². The average Bonchev–Trinajstić information content (AvgIpc) is 2.78. The Balaban J connectivity index is 2.63. The van der Waals surface area contributed by atoms with E-state index in [1.54, 1.807) is 0 Å². The number of allylic oxidation sites excluding steroid dienone is 5. The first-order valence-electron chi connectivity index (χ1n) is 12.3. The molecule has 0 saturated heterocycles. The van der Waals surface area contributed by atoms with Gasteiger partial charge in [-0.15, -0.1) is 0 Å². The maximum absolute atomic E-state index is 8.82. The minimum absolute atomic E-state index is 0.396. The molecule has 0 spiro atoms. The van der Waals surface area contributed by atoms with Crippen LogP contribution < -0.4 is 0 Å². The number of nitrogens with one attached hydrogen (secondary N) is 1. The molecule has 0 aromatic carbocycles. The molecule has 0 bridgehead atoms. The first-order chi connectivity index (χ1) is 13.7. The monoisotopic (exact) mass is 399 g/mol. The second-order valence-electron chi connectivity index (χ2n) is 9.97. The van der Waals surface area contributed by atoms with Crippen LogP contribution in [0.1, 0.15) is 113 Å². The van der Waals surface area contributed by atoms with Crippen molar-refractivity contribution >= 4 is 5.71 Å². The van der Waals surface area contributed by atoms with E-state index in [-0.39, 0.29) is 0 Å². The predicted octanol–water partition coefficient (Wildman–Crippen LogP) is 9.30. The molecule has 29 heavy (non-hydrogen) atoms. The summed E-state index contributed by atoms with van der Waals surface area (Å²) in [6.07, 6.45) is 14.4. The first-order valence-corrected chi connectivity index (χ1v) is 12.3. The van der Waals surface area contributed by atoms with Crippen molar-refractivity contribution in [2.24, 2.45) is 23.7 Å². The lowest BCUT2D eigenvalue weighted by atomic mass is 9.80. The second kappa shape index (κ2) is 13.2. The Labute approximate surface area is 182 Å². The molecule has 0 radical (unpaired) electrons. The third-order valence-electron chi connectivity index (χ3n) is 7.63. The summed E-state index contributed by atoms with van der Waals surface area (Å²) in [5.41, 5.74) is 6.03. The fourth-order valence-electron chi connectivity index (χ4n) is 4.74. The van der Waals surface area contributed by atoms with Crippen LogP contribution in [-0.2, 0) is 0 Å². The SMILES string of the molecule is C=C(C(=N)C1=CCC(C)=C(C)CCCC1)C(C)CC(C)CCC(CC)C(C)CC. The van der Waals surface area contributed by atoms with Crippen molar-refractivity contribution in [3.8, 4) is 0 Å². The van der Waals surface area contributed by atoms with Crippen molar-refractivity contribution < 1.29 is 0 Å². The summed E-state index contributed by atoms with van der Waals surface area (Å²) in [6, 6.07) is 0. The molecule has 166 valence electrons. The second-order valence-corrected chi connectivity index (χ2v) is 9.97. The van der Waals surface area contributed by atoms with Gasteiger partial charge in [0.1, 0.15) is 0 Å². The molecular formula is C28H49N. The highest BCUT2D eigenvalue weighted by atomic mass is 14.4. The summed E-state index contributed by atoms with van der Waals surface area (Å²) in [4.78, 5) is 0. The van der Waals surface area contributed by atoms with Crippen molar-refractivity contribution in [2.75, 3.05) is 0 Å². The van der Waals surface area contributed by atoms with E-state index in [4.69, 9.17) is 5.41 Å². The molecule has 4 unspecified atom stereocenters. The molecule has 0 saturated carbocycles. The molecule has 0 amide bonds.